The normalized spacial score (nSPS) is 13.8. The molecule has 2 amide bonds. The van der Waals surface area contributed by atoms with Gasteiger partial charge in [0.2, 0.25) is 0 Å². The molecule has 2 N–H and O–H groups in total. The van der Waals surface area contributed by atoms with E-state index in [9.17, 15) is 4.79 Å². The summed E-state index contributed by atoms with van der Waals surface area (Å²) in [5.41, 5.74) is 0. The fourth-order valence-corrected chi connectivity index (χ4v) is 1.95. The van der Waals surface area contributed by atoms with Crippen LogP contribution >= 0.6 is 0 Å². The summed E-state index contributed by atoms with van der Waals surface area (Å²) in [6, 6.07) is 1.38. The predicted molar refractivity (Wildman–Crippen MR) is 72.8 cm³/mol. The summed E-state index contributed by atoms with van der Waals surface area (Å²) in [6.45, 7) is 4.41. The largest absolute Gasteiger partial charge is 0.334 e. The van der Waals surface area contributed by atoms with Crippen molar-refractivity contribution in [2.75, 3.05) is 0 Å². The minimum atomic E-state index is -0.236. The number of nitrogens with one attached hydrogen (secondary N) is 2. The van der Waals surface area contributed by atoms with Crippen molar-refractivity contribution in [3.05, 3.63) is 30.6 Å². The van der Waals surface area contributed by atoms with E-state index in [1.165, 1.54) is 0 Å². The number of urea groups is 1. The van der Waals surface area contributed by atoms with Gasteiger partial charge >= 0.3 is 6.03 Å². The molecule has 0 aromatic carbocycles. The topological polar surface area (TPSA) is 89.7 Å². The van der Waals surface area contributed by atoms with Gasteiger partial charge in [0.25, 0.3) is 0 Å². The summed E-state index contributed by atoms with van der Waals surface area (Å²) in [5.74, 6) is 0.708. The van der Waals surface area contributed by atoms with E-state index in [-0.39, 0.29) is 18.1 Å². The smallest absolute Gasteiger partial charge is 0.315 e. The second-order valence-electron chi connectivity index (χ2n) is 4.77. The van der Waals surface area contributed by atoms with E-state index >= 15 is 0 Å². The maximum Gasteiger partial charge on any atom is 0.315 e. The Hall–Kier alpha value is -2.38. The van der Waals surface area contributed by atoms with Gasteiger partial charge in [-0.3, -0.25) is 4.68 Å². The third-order valence-electron chi connectivity index (χ3n) is 2.88. The maximum absolute atomic E-state index is 11.9. The van der Waals surface area contributed by atoms with Crippen LogP contribution in [0.1, 0.15) is 25.7 Å². The fourth-order valence-electron chi connectivity index (χ4n) is 1.95. The molecule has 0 spiro atoms. The number of rotatable bonds is 5. The fraction of sp³-hybridized carbons (Fsp3) is 0.500. The summed E-state index contributed by atoms with van der Waals surface area (Å²) in [7, 11) is 1.84. The lowest BCUT2D eigenvalue weighted by Crippen LogP contribution is -2.43. The Morgan fingerprint density at radius 1 is 1.40 bits per heavy atom. The molecular formula is C12H19N7O. The molecule has 2 unspecified atom stereocenters. The lowest BCUT2D eigenvalue weighted by molar-refractivity contribution is 0.232. The highest BCUT2D eigenvalue weighted by Crippen LogP contribution is 2.06. The van der Waals surface area contributed by atoms with Crippen LogP contribution < -0.4 is 10.6 Å². The molecule has 2 rings (SSSR count). The van der Waals surface area contributed by atoms with Crippen molar-refractivity contribution >= 4 is 6.03 Å². The molecule has 2 atom stereocenters. The van der Waals surface area contributed by atoms with Gasteiger partial charge < -0.3 is 15.2 Å². The predicted octanol–water partition coefficient (Wildman–Crippen LogP) is 0.460. The number of carbonyl (C=O) groups excluding carboxylic acids is 1. The minimum Gasteiger partial charge on any atom is -0.334 e. The second-order valence-corrected chi connectivity index (χ2v) is 4.77. The highest BCUT2D eigenvalue weighted by atomic mass is 16.2. The average molecular weight is 277 g/mol. The molecule has 8 heteroatoms. The highest BCUT2D eigenvalue weighted by molar-refractivity contribution is 5.74. The van der Waals surface area contributed by atoms with Crippen LogP contribution in [0.3, 0.4) is 0 Å². The van der Waals surface area contributed by atoms with Crippen LogP contribution in [0.25, 0.3) is 0 Å². The molecule has 0 radical (unpaired) electrons. The van der Waals surface area contributed by atoms with E-state index in [2.05, 4.69) is 25.9 Å². The Morgan fingerprint density at radius 3 is 2.80 bits per heavy atom. The van der Waals surface area contributed by atoms with Gasteiger partial charge in [-0.2, -0.15) is 5.10 Å². The average Bonchev–Trinajstić information content (AvgIpc) is 2.99. The van der Waals surface area contributed by atoms with E-state index in [1.807, 2.05) is 33.2 Å². The number of hydrogen-bond donors (Lipinski definition) is 2. The van der Waals surface area contributed by atoms with Crippen molar-refractivity contribution in [2.45, 2.75) is 32.5 Å². The molecule has 0 aliphatic carbocycles. The van der Waals surface area contributed by atoms with Crippen LogP contribution in [0.5, 0.6) is 0 Å². The molecule has 2 heterocycles. The summed E-state index contributed by atoms with van der Waals surface area (Å²) >= 11 is 0. The molecule has 20 heavy (non-hydrogen) atoms. The Morgan fingerprint density at radius 2 is 2.20 bits per heavy atom. The number of hydrogen-bond acceptors (Lipinski definition) is 4. The van der Waals surface area contributed by atoms with Gasteiger partial charge in [0.1, 0.15) is 6.33 Å². The van der Waals surface area contributed by atoms with Crippen LogP contribution in [0.4, 0.5) is 4.79 Å². The summed E-state index contributed by atoms with van der Waals surface area (Å²) in [4.78, 5) is 11.9. The zero-order valence-electron chi connectivity index (χ0n) is 11.8. The first-order chi connectivity index (χ1) is 9.56. The lowest BCUT2D eigenvalue weighted by atomic mass is 10.3. The summed E-state index contributed by atoms with van der Waals surface area (Å²) in [5, 5.41) is 17.5. The van der Waals surface area contributed by atoms with Crippen LogP contribution in [-0.2, 0) is 13.6 Å². The van der Waals surface area contributed by atoms with Gasteiger partial charge in [-0.1, -0.05) is 0 Å². The van der Waals surface area contributed by atoms with E-state index < -0.39 is 0 Å². The molecule has 8 nitrogen and oxygen atoms in total. The third-order valence-corrected chi connectivity index (χ3v) is 2.88. The first-order valence-corrected chi connectivity index (χ1v) is 6.44. The van der Waals surface area contributed by atoms with E-state index in [0.717, 1.165) is 0 Å². The van der Waals surface area contributed by atoms with Gasteiger partial charge in [0.05, 0.1) is 12.6 Å². The van der Waals surface area contributed by atoms with E-state index in [4.69, 9.17) is 0 Å². The van der Waals surface area contributed by atoms with E-state index in [1.54, 1.807) is 21.8 Å². The second kappa shape index (κ2) is 6.18. The molecular weight excluding hydrogens is 258 g/mol. The van der Waals surface area contributed by atoms with Crippen LogP contribution in [0.2, 0.25) is 0 Å². The maximum atomic E-state index is 11.9. The van der Waals surface area contributed by atoms with Crippen molar-refractivity contribution in [2.24, 2.45) is 7.05 Å². The molecule has 0 saturated carbocycles. The molecule has 0 aliphatic rings. The third kappa shape index (κ3) is 3.56. The van der Waals surface area contributed by atoms with Gasteiger partial charge in [0, 0.05) is 25.5 Å². The zero-order valence-corrected chi connectivity index (χ0v) is 11.8. The Balaban J connectivity index is 1.81. The number of aryl methyl sites for hydroxylation is 1. The molecule has 2 aromatic heterocycles. The standard InChI is InChI=1S/C12H19N7O/c1-9(7-19-6-4-5-14-19)15-12(20)16-10(2)11-17-13-8-18(11)3/h4-6,8-10H,7H2,1-3H3,(H2,15,16,20). The van der Waals surface area contributed by atoms with E-state index in [0.29, 0.717) is 12.4 Å². The highest BCUT2D eigenvalue weighted by Gasteiger charge is 2.15. The quantitative estimate of drug-likeness (QED) is 0.831. The van der Waals surface area contributed by atoms with Gasteiger partial charge in [0.15, 0.2) is 5.82 Å². The summed E-state index contributed by atoms with van der Waals surface area (Å²) < 4.78 is 3.55. The van der Waals surface area contributed by atoms with Gasteiger partial charge in [-0.15, -0.1) is 10.2 Å². The molecule has 0 fully saturated rings. The van der Waals surface area contributed by atoms with Crippen molar-refractivity contribution in [1.82, 2.24) is 35.2 Å². The Labute approximate surface area is 117 Å². The number of carbonyl (C=O) groups is 1. The first kappa shape index (κ1) is 14.0. The number of aromatic nitrogens is 5. The van der Waals surface area contributed by atoms with Crippen molar-refractivity contribution in [3.63, 3.8) is 0 Å². The van der Waals surface area contributed by atoms with Crippen molar-refractivity contribution in [1.29, 1.82) is 0 Å². The monoisotopic (exact) mass is 277 g/mol. The van der Waals surface area contributed by atoms with Crippen LogP contribution in [0, 0.1) is 0 Å². The minimum absolute atomic E-state index is 0.0263. The molecule has 0 bridgehead atoms. The van der Waals surface area contributed by atoms with Crippen molar-refractivity contribution in [3.8, 4) is 0 Å². The Bertz CT molecular complexity index is 548. The SMILES string of the molecule is CC(Cn1cccn1)NC(=O)NC(C)c1nncn1C. The lowest BCUT2D eigenvalue weighted by Gasteiger charge is -2.17. The van der Waals surface area contributed by atoms with Gasteiger partial charge in [-0.25, -0.2) is 4.79 Å². The Kier molecular flexibility index (Phi) is 4.34. The summed E-state index contributed by atoms with van der Waals surface area (Å²) in [6.07, 6.45) is 5.17. The van der Waals surface area contributed by atoms with Crippen LogP contribution in [0.15, 0.2) is 24.8 Å². The molecule has 2 aromatic rings. The zero-order chi connectivity index (χ0) is 14.5. The number of amides is 2. The van der Waals surface area contributed by atoms with Crippen LogP contribution in [-0.4, -0.2) is 36.6 Å². The molecule has 108 valence electrons. The van der Waals surface area contributed by atoms with Gasteiger partial charge in [-0.05, 0) is 19.9 Å². The number of nitrogens with zero attached hydrogens (tertiary/aromatic N) is 5. The molecule has 0 saturated heterocycles. The first-order valence-electron chi connectivity index (χ1n) is 6.44. The van der Waals surface area contributed by atoms with Crippen molar-refractivity contribution < 1.29 is 4.79 Å². The molecule has 0 aliphatic heterocycles.